The number of amides is 2. The molecule has 0 atom stereocenters. The van der Waals surface area contributed by atoms with Crippen molar-refractivity contribution in [2.24, 2.45) is 0 Å². The average Bonchev–Trinajstić information content (AvgIpc) is 3.05. The zero-order valence-corrected chi connectivity index (χ0v) is 28.8. The SMILES string of the molecule is COc1cc(Nc2nccc(Oc3ccc(NC(=O)Nc4cc(C(C)(C)C)cc(P(C)C)c4OC)c4ccccc34)n2)cc(OC)c1. The number of carbonyl (C=O) groups excluding carboxylic acids is 1. The maximum Gasteiger partial charge on any atom is 0.323 e. The Hall–Kier alpha value is -5.08. The van der Waals surface area contributed by atoms with Crippen LogP contribution in [0.1, 0.15) is 26.3 Å². The van der Waals surface area contributed by atoms with E-state index in [1.807, 2.05) is 48.5 Å². The largest absolute Gasteiger partial charge is 0.497 e. The van der Waals surface area contributed by atoms with Crippen LogP contribution in [0.25, 0.3) is 10.8 Å². The number of aromatic nitrogens is 2. The predicted molar refractivity (Wildman–Crippen MR) is 192 cm³/mol. The summed E-state index contributed by atoms with van der Waals surface area (Å²) in [5.41, 5.74) is 2.98. The number of benzene rings is 4. The summed E-state index contributed by atoms with van der Waals surface area (Å²) in [6.45, 7) is 10.8. The molecule has 10 nitrogen and oxygen atoms in total. The number of ether oxygens (including phenoxy) is 4. The van der Waals surface area contributed by atoms with E-state index < -0.39 is 7.92 Å². The smallest absolute Gasteiger partial charge is 0.323 e. The zero-order chi connectivity index (χ0) is 33.7. The van der Waals surface area contributed by atoms with Gasteiger partial charge in [-0.1, -0.05) is 53.0 Å². The van der Waals surface area contributed by atoms with Gasteiger partial charge in [0.1, 0.15) is 23.0 Å². The second kappa shape index (κ2) is 14.1. The summed E-state index contributed by atoms with van der Waals surface area (Å²) in [6, 6.07) is 22.2. The summed E-state index contributed by atoms with van der Waals surface area (Å²) >= 11 is 0. The van der Waals surface area contributed by atoms with E-state index in [1.165, 1.54) is 0 Å². The molecule has 5 aromatic rings. The lowest BCUT2D eigenvalue weighted by molar-refractivity contribution is 0.262. The molecule has 0 aliphatic carbocycles. The van der Waals surface area contributed by atoms with Crippen LogP contribution in [0, 0.1) is 0 Å². The van der Waals surface area contributed by atoms with Crippen molar-refractivity contribution in [2.75, 3.05) is 50.6 Å². The minimum Gasteiger partial charge on any atom is -0.497 e. The number of nitrogens with one attached hydrogen (secondary N) is 3. The fourth-order valence-electron chi connectivity index (χ4n) is 5.01. The van der Waals surface area contributed by atoms with Gasteiger partial charge in [-0.05, 0) is 48.6 Å². The highest BCUT2D eigenvalue weighted by Crippen LogP contribution is 2.39. The summed E-state index contributed by atoms with van der Waals surface area (Å²) in [7, 11) is 4.34. The molecule has 0 saturated carbocycles. The van der Waals surface area contributed by atoms with E-state index in [0.29, 0.717) is 51.9 Å². The van der Waals surface area contributed by atoms with Crippen LogP contribution >= 0.6 is 7.92 Å². The first-order chi connectivity index (χ1) is 22.5. The van der Waals surface area contributed by atoms with Gasteiger partial charge in [0.25, 0.3) is 0 Å². The molecule has 0 aliphatic rings. The third-order valence-corrected chi connectivity index (χ3v) is 8.75. The molecule has 0 saturated heterocycles. The highest BCUT2D eigenvalue weighted by molar-refractivity contribution is 7.64. The molecule has 2 amide bonds. The molecule has 3 N–H and O–H groups in total. The molecule has 0 aliphatic heterocycles. The van der Waals surface area contributed by atoms with Crippen molar-refractivity contribution in [2.45, 2.75) is 26.2 Å². The lowest BCUT2D eigenvalue weighted by Crippen LogP contribution is -2.23. The number of anilines is 4. The van der Waals surface area contributed by atoms with Gasteiger partial charge in [-0.3, -0.25) is 0 Å². The molecule has 0 fully saturated rings. The first-order valence-electron chi connectivity index (χ1n) is 15.0. The monoisotopic (exact) mass is 653 g/mol. The quantitative estimate of drug-likeness (QED) is 0.129. The van der Waals surface area contributed by atoms with Gasteiger partial charge < -0.3 is 34.9 Å². The Kier molecular flexibility index (Phi) is 10.0. The molecule has 0 unspecified atom stereocenters. The van der Waals surface area contributed by atoms with Crippen molar-refractivity contribution in [3.8, 4) is 28.9 Å². The molecule has 244 valence electrons. The minimum atomic E-state index is -0.477. The summed E-state index contributed by atoms with van der Waals surface area (Å²) in [4.78, 5) is 22.3. The van der Waals surface area contributed by atoms with E-state index in [2.05, 4.69) is 66.1 Å². The maximum absolute atomic E-state index is 13.4. The van der Waals surface area contributed by atoms with Crippen molar-refractivity contribution < 1.29 is 23.7 Å². The highest BCUT2D eigenvalue weighted by Gasteiger charge is 2.22. The van der Waals surface area contributed by atoms with E-state index in [4.69, 9.17) is 18.9 Å². The van der Waals surface area contributed by atoms with Gasteiger partial charge in [0, 0.05) is 52.2 Å². The van der Waals surface area contributed by atoms with Crippen LogP contribution in [0.2, 0.25) is 0 Å². The van der Waals surface area contributed by atoms with Crippen LogP contribution < -0.4 is 40.2 Å². The van der Waals surface area contributed by atoms with E-state index >= 15 is 0 Å². The second-order valence-electron chi connectivity index (χ2n) is 12.0. The van der Waals surface area contributed by atoms with Gasteiger partial charge in [0.15, 0.2) is 0 Å². The number of hydrogen-bond acceptors (Lipinski definition) is 8. The first kappa shape index (κ1) is 33.3. The number of hydrogen-bond donors (Lipinski definition) is 3. The fourth-order valence-corrected chi connectivity index (χ4v) is 6.03. The fraction of sp³-hybridized carbons (Fsp3) is 0.250. The van der Waals surface area contributed by atoms with Crippen molar-refractivity contribution in [1.29, 1.82) is 0 Å². The molecule has 1 aromatic heterocycles. The predicted octanol–water partition coefficient (Wildman–Crippen LogP) is 8.50. The second-order valence-corrected chi connectivity index (χ2v) is 14.3. The summed E-state index contributed by atoms with van der Waals surface area (Å²) in [5, 5.41) is 11.9. The number of urea groups is 1. The summed E-state index contributed by atoms with van der Waals surface area (Å²) in [6.07, 6.45) is 1.61. The van der Waals surface area contributed by atoms with Crippen LogP contribution in [0.5, 0.6) is 28.9 Å². The third kappa shape index (κ3) is 7.84. The van der Waals surface area contributed by atoms with Crippen molar-refractivity contribution in [1.82, 2.24) is 9.97 Å². The number of rotatable bonds is 10. The molecule has 11 heteroatoms. The van der Waals surface area contributed by atoms with E-state index in [0.717, 1.165) is 21.6 Å². The Labute approximate surface area is 276 Å². The van der Waals surface area contributed by atoms with Crippen molar-refractivity contribution in [3.63, 3.8) is 0 Å². The van der Waals surface area contributed by atoms with Crippen LogP contribution in [-0.2, 0) is 5.41 Å². The third-order valence-electron chi connectivity index (χ3n) is 7.45. The highest BCUT2D eigenvalue weighted by atomic mass is 31.1. The topological polar surface area (TPSA) is 116 Å². The van der Waals surface area contributed by atoms with E-state index in [9.17, 15) is 4.79 Å². The van der Waals surface area contributed by atoms with E-state index in [1.54, 1.807) is 45.7 Å². The van der Waals surface area contributed by atoms with Crippen LogP contribution in [0.3, 0.4) is 0 Å². The zero-order valence-electron chi connectivity index (χ0n) is 27.9. The Bertz CT molecular complexity index is 1890. The average molecular weight is 654 g/mol. The molecule has 0 bridgehead atoms. The van der Waals surface area contributed by atoms with E-state index in [-0.39, 0.29) is 11.4 Å². The van der Waals surface area contributed by atoms with Crippen LogP contribution in [0.15, 0.2) is 79.0 Å². The summed E-state index contributed by atoms with van der Waals surface area (Å²) < 4.78 is 22.8. The Morgan fingerprint density at radius 3 is 2.11 bits per heavy atom. The van der Waals surface area contributed by atoms with Crippen molar-refractivity contribution >= 4 is 53.0 Å². The van der Waals surface area contributed by atoms with Gasteiger partial charge >= 0.3 is 6.03 Å². The number of carbonyl (C=O) groups is 1. The van der Waals surface area contributed by atoms with Gasteiger partial charge in [-0.15, -0.1) is 0 Å². The molecule has 0 radical (unpaired) electrons. The number of methoxy groups -OCH3 is 3. The van der Waals surface area contributed by atoms with Crippen LogP contribution in [-0.4, -0.2) is 50.7 Å². The molecular formula is C36H40N5O5P. The van der Waals surface area contributed by atoms with Gasteiger partial charge in [0.2, 0.25) is 11.8 Å². The Balaban J connectivity index is 1.38. The van der Waals surface area contributed by atoms with Gasteiger partial charge in [-0.25, -0.2) is 9.78 Å². The molecule has 47 heavy (non-hydrogen) atoms. The standard InChI is InChI=1S/C36H40N5O5P/c1-36(2,3)22-17-29(33(45-6)31(18-22)47(7)8)40-35(42)39-28-13-14-30(27-12-10-9-11-26(27)28)46-32-15-16-37-34(41-32)38-23-19-24(43-4)21-25(20-23)44-5/h9-21H,1-8H3,(H,37,38,41)(H2,39,40,42). The lowest BCUT2D eigenvalue weighted by atomic mass is 9.86. The molecule has 1 heterocycles. The normalized spacial score (nSPS) is 11.3. The molecule has 4 aromatic carbocycles. The van der Waals surface area contributed by atoms with Crippen molar-refractivity contribution in [3.05, 3.63) is 84.6 Å². The summed E-state index contributed by atoms with van der Waals surface area (Å²) in [5.74, 6) is 3.20. The molecule has 5 rings (SSSR count). The Morgan fingerprint density at radius 2 is 1.47 bits per heavy atom. The molecule has 0 spiro atoms. The Morgan fingerprint density at radius 1 is 0.787 bits per heavy atom. The maximum atomic E-state index is 13.4. The minimum absolute atomic E-state index is 0.103. The first-order valence-corrected chi connectivity index (χ1v) is 17.2. The van der Waals surface area contributed by atoms with Gasteiger partial charge in [0.05, 0.1) is 32.7 Å². The lowest BCUT2D eigenvalue weighted by Gasteiger charge is -2.25. The molecular weight excluding hydrogens is 613 g/mol. The number of fused-ring (bicyclic) bond motifs is 1. The number of nitrogens with zero attached hydrogens (tertiary/aromatic N) is 2. The van der Waals surface area contributed by atoms with Gasteiger partial charge in [-0.2, -0.15) is 4.98 Å². The van der Waals surface area contributed by atoms with Crippen LogP contribution in [0.4, 0.5) is 27.8 Å².